The summed E-state index contributed by atoms with van der Waals surface area (Å²) in [4.78, 5) is 7.28. The maximum Gasteiger partial charge on any atom is 0.125 e. The van der Waals surface area contributed by atoms with E-state index in [-0.39, 0.29) is 0 Å². The maximum atomic E-state index is 4.72. The second kappa shape index (κ2) is 5.61. The minimum atomic E-state index is 0.933. The summed E-state index contributed by atoms with van der Waals surface area (Å²) in [6, 6.07) is 18.9. The van der Waals surface area contributed by atoms with Crippen LogP contribution in [-0.2, 0) is 0 Å². The standard InChI is InChI=1S/C18H12BrNS2/c1-11-15(13-9-5-6-10-14(13)21-11)16-17(19)20-18(22-16)12-7-3-2-4-8-12/h2-10H,1H3. The third-order valence-electron chi connectivity index (χ3n) is 3.61. The van der Waals surface area contributed by atoms with Gasteiger partial charge in [0.15, 0.2) is 0 Å². The van der Waals surface area contributed by atoms with Gasteiger partial charge in [0.05, 0.1) is 4.88 Å². The largest absolute Gasteiger partial charge is 0.228 e. The van der Waals surface area contributed by atoms with E-state index in [9.17, 15) is 0 Å². The van der Waals surface area contributed by atoms with E-state index in [4.69, 9.17) is 4.98 Å². The fraction of sp³-hybridized carbons (Fsp3) is 0.0556. The molecule has 22 heavy (non-hydrogen) atoms. The summed E-state index contributed by atoms with van der Waals surface area (Å²) >= 11 is 7.25. The lowest BCUT2D eigenvalue weighted by Crippen LogP contribution is -1.75. The fourth-order valence-electron chi connectivity index (χ4n) is 2.61. The molecule has 108 valence electrons. The van der Waals surface area contributed by atoms with Crippen molar-refractivity contribution in [1.82, 2.24) is 4.98 Å². The van der Waals surface area contributed by atoms with Gasteiger partial charge in [-0.05, 0) is 28.9 Å². The number of benzene rings is 2. The van der Waals surface area contributed by atoms with Crippen LogP contribution in [0, 0.1) is 6.92 Å². The van der Waals surface area contributed by atoms with Gasteiger partial charge in [0.2, 0.25) is 0 Å². The molecule has 0 radical (unpaired) electrons. The molecule has 1 nitrogen and oxygen atoms in total. The molecule has 0 unspecified atom stereocenters. The van der Waals surface area contributed by atoms with Gasteiger partial charge in [0.25, 0.3) is 0 Å². The van der Waals surface area contributed by atoms with Crippen LogP contribution in [0.3, 0.4) is 0 Å². The number of thiazole rings is 1. The van der Waals surface area contributed by atoms with Gasteiger partial charge in [-0.1, -0.05) is 48.5 Å². The third kappa shape index (κ3) is 2.32. The lowest BCUT2D eigenvalue weighted by Gasteiger charge is -1.98. The predicted molar refractivity (Wildman–Crippen MR) is 101 cm³/mol. The molecule has 0 atom stereocenters. The first-order chi connectivity index (χ1) is 10.7. The highest BCUT2D eigenvalue weighted by Gasteiger charge is 2.18. The highest BCUT2D eigenvalue weighted by molar-refractivity contribution is 9.10. The zero-order valence-corrected chi connectivity index (χ0v) is 15.1. The number of aryl methyl sites for hydroxylation is 1. The smallest absolute Gasteiger partial charge is 0.125 e. The third-order valence-corrected chi connectivity index (χ3v) is 6.65. The molecule has 0 saturated carbocycles. The van der Waals surface area contributed by atoms with Crippen molar-refractivity contribution in [2.75, 3.05) is 0 Å². The Morgan fingerprint density at radius 2 is 1.64 bits per heavy atom. The second-order valence-corrected chi connectivity index (χ2v) is 8.04. The molecule has 4 rings (SSSR count). The topological polar surface area (TPSA) is 12.9 Å². The normalized spacial score (nSPS) is 11.2. The number of fused-ring (bicyclic) bond motifs is 1. The molecule has 0 aliphatic carbocycles. The van der Waals surface area contributed by atoms with Crippen LogP contribution in [0.15, 0.2) is 59.2 Å². The number of halogens is 1. The van der Waals surface area contributed by atoms with E-state index in [0.717, 1.165) is 15.2 Å². The Morgan fingerprint density at radius 3 is 2.45 bits per heavy atom. The summed E-state index contributed by atoms with van der Waals surface area (Å²) in [5.74, 6) is 0. The molecule has 0 aliphatic heterocycles. The molecular formula is C18H12BrNS2. The molecule has 0 aliphatic rings. The van der Waals surface area contributed by atoms with E-state index < -0.39 is 0 Å². The lowest BCUT2D eigenvalue weighted by molar-refractivity contribution is 1.36. The average molecular weight is 386 g/mol. The SMILES string of the molecule is Cc1sc2ccccc2c1-c1sc(-c2ccccc2)nc1Br. The van der Waals surface area contributed by atoms with Gasteiger partial charge < -0.3 is 0 Å². The molecule has 2 heterocycles. The van der Waals surface area contributed by atoms with Gasteiger partial charge in [-0.3, -0.25) is 0 Å². The van der Waals surface area contributed by atoms with Crippen LogP contribution in [0.1, 0.15) is 4.88 Å². The van der Waals surface area contributed by atoms with Gasteiger partial charge in [0.1, 0.15) is 9.61 Å². The maximum absolute atomic E-state index is 4.72. The second-order valence-electron chi connectivity index (χ2n) is 5.03. The number of rotatable bonds is 2. The minimum absolute atomic E-state index is 0.933. The van der Waals surface area contributed by atoms with Gasteiger partial charge >= 0.3 is 0 Å². The van der Waals surface area contributed by atoms with E-state index >= 15 is 0 Å². The van der Waals surface area contributed by atoms with Crippen molar-refractivity contribution in [1.29, 1.82) is 0 Å². The molecule has 0 amide bonds. The van der Waals surface area contributed by atoms with Crippen LogP contribution in [0.25, 0.3) is 31.1 Å². The van der Waals surface area contributed by atoms with Crippen LogP contribution in [0.4, 0.5) is 0 Å². The quantitative estimate of drug-likeness (QED) is 0.371. The zero-order chi connectivity index (χ0) is 15.1. The summed E-state index contributed by atoms with van der Waals surface area (Å²) in [5.41, 5.74) is 2.48. The highest BCUT2D eigenvalue weighted by Crippen LogP contribution is 2.45. The minimum Gasteiger partial charge on any atom is -0.228 e. The molecule has 0 fully saturated rings. The molecule has 2 aromatic carbocycles. The number of hydrogen-bond donors (Lipinski definition) is 0. The van der Waals surface area contributed by atoms with Crippen molar-refractivity contribution >= 4 is 48.7 Å². The van der Waals surface area contributed by atoms with E-state index in [2.05, 4.69) is 71.4 Å². The van der Waals surface area contributed by atoms with Crippen molar-refractivity contribution < 1.29 is 0 Å². The molecule has 4 heteroatoms. The van der Waals surface area contributed by atoms with Crippen LogP contribution in [0.5, 0.6) is 0 Å². The zero-order valence-electron chi connectivity index (χ0n) is 11.8. The summed E-state index contributed by atoms with van der Waals surface area (Å²) < 4.78 is 2.26. The monoisotopic (exact) mass is 385 g/mol. The number of hydrogen-bond acceptors (Lipinski definition) is 3. The average Bonchev–Trinajstić information content (AvgIpc) is 3.07. The highest BCUT2D eigenvalue weighted by atomic mass is 79.9. The van der Waals surface area contributed by atoms with Crippen LogP contribution < -0.4 is 0 Å². The van der Waals surface area contributed by atoms with E-state index in [1.54, 1.807) is 11.3 Å². The Balaban J connectivity index is 1.93. The molecule has 0 saturated heterocycles. The summed E-state index contributed by atoms with van der Waals surface area (Å²) in [6.45, 7) is 2.19. The Kier molecular flexibility index (Phi) is 3.60. The van der Waals surface area contributed by atoms with E-state index in [1.807, 2.05) is 17.4 Å². The van der Waals surface area contributed by atoms with Crippen molar-refractivity contribution in [2.24, 2.45) is 0 Å². The molecule has 4 aromatic rings. The van der Waals surface area contributed by atoms with Crippen LogP contribution in [-0.4, -0.2) is 4.98 Å². The van der Waals surface area contributed by atoms with Crippen molar-refractivity contribution in [3.63, 3.8) is 0 Å². The van der Waals surface area contributed by atoms with Crippen LogP contribution in [0.2, 0.25) is 0 Å². The van der Waals surface area contributed by atoms with Crippen LogP contribution >= 0.6 is 38.6 Å². The predicted octanol–water partition coefficient (Wildman–Crippen LogP) is 6.76. The molecule has 0 spiro atoms. The molecule has 0 N–H and O–H groups in total. The number of nitrogens with zero attached hydrogens (tertiary/aromatic N) is 1. The Hall–Kier alpha value is -1.49. The first kappa shape index (κ1) is 14.1. The lowest BCUT2D eigenvalue weighted by atomic mass is 10.1. The van der Waals surface area contributed by atoms with E-state index in [1.165, 1.54) is 25.4 Å². The first-order valence-corrected chi connectivity index (χ1v) is 9.37. The molecule has 0 bridgehead atoms. The van der Waals surface area contributed by atoms with Crippen molar-refractivity contribution in [3.8, 4) is 21.0 Å². The summed E-state index contributed by atoms with van der Waals surface area (Å²) in [7, 11) is 0. The Labute approximate surface area is 145 Å². The molecule has 2 aromatic heterocycles. The summed E-state index contributed by atoms with van der Waals surface area (Å²) in [6.07, 6.45) is 0. The summed E-state index contributed by atoms with van der Waals surface area (Å²) in [5, 5.41) is 2.37. The Morgan fingerprint density at radius 1 is 0.909 bits per heavy atom. The van der Waals surface area contributed by atoms with Gasteiger partial charge in [-0.2, -0.15) is 0 Å². The van der Waals surface area contributed by atoms with Gasteiger partial charge in [-0.25, -0.2) is 4.98 Å². The van der Waals surface area contributed by atoms with Crippen molar-refractivity contribution in [3.05, 3.63) is 64.1 Å². The van der Waals surface area contributed by atoms with Crippen molar-refractivity contribution in [2.45, 2.75) is 6.92 Å². The molecular weight excluding hydrogens is 374 g/mol. The van der Waals surface area contributed by atoms with Gasteiger partial charge in [-0.15, -0.1) is 22.7 Å². The fourth-order valence-corrected chi connectivity index (χ4v) is 5.56. The number of thiophene rings is 1. The number of aromatic nitrogens is 1. The Bertz CT molecular complexity index is 954. The first-order valence-electron chi connectivity index (χ1n) is 6.94. The van der Waals surface area contributed by atoms with E-state index in [0.29, 0.717) is 0 Å². The van der Waals surface area contributed by atoms with Gasteiger partial charge in [0, 0.05) is 26.1 Å².